The Bertz CT molecular complexity index is 1350. The average molecular weight is 441 g/mol. The van der Waals surface area contributed by atoms with E-state index in [1.807, 2.05) is 65.2 Å². The topological polar surface area (TPSA) is 60.3 Å². The van der Waals surface area contributed by atoms with Crippen LogP contribution in [0.2, 0.25) is 0 Å². The summed E-state index contributed by atoms with van der Waals surface area (Å²) in [7, 11) is 1.60. The first-order valence-electron chi connectivity index (χ1n) is 10.9. The van der Waals surface area contributed by atoms with E-state index in [4.69, 9.17) is 4.74 Å². The van der Waals surface area contributed by atoms with Crippen molar-refractivity contribution in [2.75, 3.05) is 7.11 Å². The molecule has 1 amide bonds. The van der Waals surface area contributed by atoms with Crippen molar-refractivity contribution >= 4 is 16.8 Å². The molecule has 1 aromatic heterocycles. The van der Waals surface area contributed by atoms with E-state index in [1.54, 1.807) is 25.4 Å². The van der Waals surface area contributed by atoms with Gasteiger partial charge in [0, 0.05) is 41.0 Å². The Labute approximate surface area is 193 Å². The molecule has 4 rings (SSSR count). The maximum Gasteiger partial charge on any atom is 0.251 e. The van der Waals surface area contributed by atoms with Gasteiger partial charge in [0.2, 0.25) is 0 Å². The molecule has 0 saturated heterocycles. The molecule has 3 aromatic carbocycles. The molecule has 0 saturated carbocycles. The molecule has 0 aliphatic carbocycles. The van der Waals surface area contributed by atoms with Crippen molar-refractivity contribution in [3.05, 3.63) is 106 Å². The van der Waals surface area contributed by atoms with Crippen molar-refractivity contribution in [1.29, 1.82) is 0 Å². The number of fused-ring (bicyclic) bond motifs is 1. The Kier molecular flexibility index (Phi) is 6.05. The van der Waals surface area contributed by atoms with Crippen LogP contribution in [0.25, 0.3) is 16.6 Å². The first-order valence-corrected chi connectivity index (χ1v) is 10.9. The molecular formula is C28H28N2O3. The van der Waals surface area contributed by atoms with Gasteiger partial charge in [-0.05, 0) is 47.4 Å². The average Bonchev–Trinajstić information content (AvgIpc) is 2.83. The molecular weight excluding hydrogens is 412 g/mol. The fraction of sp³-hybridized carbons (Fsp3) is 0.214. The van der Waals surface area contributed by atoms with Crippen molar-refractivity contribution < 1.29 is 9.53 Å². The second-order valence-electron chi connectivity index (χ2n) is 9.08. The zero-order valence-corrected chi connectivity index (χ0v) is 19.4. The molecule has 1 heterocycles. The van der Waals surface area contributed by atoms with Crippen LogP contribution in [0, 0.1) is 0 Å². The molecule has 1 N–H and O–H groups in total. The van der Waals surface area contributed by atoms with Crippen LogP contribution in [0.1, 0.15) is 42.3 Å². The number of hydrogen-bond acceptors (Lipinski definition) is 3. The monoisotopic (exact) mass is 440 g/mol. The predicted octanol–water partition coefficient (Wildman–Crippen LogP) is 5.23. The third-order valence-electron chi connectivity index (χ3n) is 5.77. The van der Waals surface area contributed by atoms with E-state index in [0.29, 0.717) is 22.3 Å². The summed E-state index contributed by atoms with van der Waals surface area (Å²) in [5, 5.41) is 3.47. The summed E-state index contributed by atoms with van der Waals surface area (Å²) >= 11 is 0. The Morgan fingerprint density at radius 3 is 2.30 bits per heavy atom. The maximum absolute atomic E-state index is 13.2. The molecule has 33 heavy (non-hydrogen) atoms. The van der Waals surface area contributed by atoms with Gasteiger partial charge in [-0.1, -0.05) is 51.1 Å². The number of pyridine rings is 1. The molecule has 0 aliphatic rings. The first-order chi connectivity index (χ1) is 15.8. The van der Waals surface area contributed by atoms with Gasteiger partial charge in [0.15, 0.2) is 5.43 Å². The standard InChI is InChI=1S/C28H28N2O3/c1-28(2,3)21-12-10-19(11-13-21)27(32)29-17-20-18-30(22-8-6-5-7-9-22)25-16-23(33-4)14-15-24(25)26(20)31/h5-16,18H,17H2,1-4H3,(H,29,32). The number of hydrogen-bond donors (Lipinski definition) is 1. The first kappa shape index (κ1) is 22.3. The van der Waals surface area contributed by atoms with Crippen LogP contribution in [-0.4, -0.2) is 17.6 Å². The van der Waals surface area contributed by atoms with E-state index in [-0.39, 0.29) is 23.3 Å². The number of benzene rings is 3. The molecule has 0 spiro atoms. The van der Waals surface area contributed by atoms with E-state index < -0.39 is 0 Å². The van der Waals surface area contributed by atoms with Crippen molar-refractivity contribution in [1.82, 2.24) is 9.88 Å². The third kappa shape index (κ3) is 4.67. The fourth-order valence-electron chi connectivity index (χ4n) is 3.81. The fourth-order valence-corrected chi connectivity index (χ4v) is 3.81. The number of nitrogens with one attached hydrogen (secondary N) is 1. The van der Waals surface area contributed by atoms with Crippen LogP contribution >= 0.6 is 0 Å². The van der Waals surface area contributed by atoms with Gasteiger partial charge >= 0.3 is 0 Å². The zero-order valence-electron chi connectivity index (χ0n) is 19.4. The number of carbonyl (C=O) groups excluding carboxylic acids is 1. The quantitative estimate of drug-likeness (QED) is 0.462. The summed E-state index contributed by atoms with van der Waals surface area (Å²) in [5.41, 5.74) is 3.82. The number of para-hydroxylation sites is 1. The normalized spacial score (nSPS) is 11.4. The molecule has 168 valence electrons. The van der Waals surface area contributed by atoms with Gasteiger partial charge in [0.05, 0.1) is 12.6 Å². The Hall–Kier alpha value is -3.86. The molecule has 0 bridgehead atoms. The number of rotatable bonds is 5. The number of ether oxygens (including phenoxy) is 1. The number of methoxy groups -OCH3 is 1. The minimum absolute atomic E-state index is 0.0192. The molecule has 0 atom stereocenters. The highest BCUT2D eigenvalue weighted by molar-refractivity contribution is 5.94. The molecule has 0 radical (unpaired) electrons. The van der Waals surface area contributed by atoms with Gasteiger partial charge in [-0.15, -0.1) is 0 Å². The highest BCUT2D eigenvalue weighted by atomic mass is 16.5. The highest BCUT2D eigenvalue weighted by Crippen LogP contribution is 2.23. The minimum Gasteiger partial charge on any atom is -0.497 e. The SMILES string of the molecule is COc1ccc2c(=O)c(CNC(=O)c3ccc(C(C)(C)C)cc3)cn(-c3ccccc3)c2c1. The molecule has 0 fully saturated rings. The van der Waals surface area contributed by atoms with Gasteiger partial charge < -0.3 is 14.6 Å². The van der Waals surface area contributed by atoms with Gasteiger partial charge in [-0.25, -0.2) is 0 Å². The maximum atomic E-state index is 13.2. The number of carbonyl (C=O) groups is 1. The molecule has 4 aromatic rings. The van der Waals surface area contributed by atoms with E-state index >= 15 is 0 Å². The molecule has 5 heteroatoms. The summed E-state index contributed by atoms with van der Waals surface area (Å²) in [5.74, 6) is 0.460. The van der Waals surface area contributed by atoms with Gasteiger partial charge in [0.1, 0.15) is 5.75 Å². The smallest absolute Gasteiger partial charge is 0.251 e. The summed E-state index contributed by atoms with van der Waals surface area (Å²) < 4.78 is 7.33. The lowest BCUT2D eigenvalue weighted by atomic mass is 9.87. The van der Waals surface area contributed by atoms with Crippen molar-refractivity contribution in [2.24, 2.45) is 0 Å². The second-order valence-corrected chi connectivity index (χ2v) is 9.08. The highest BCUT2D eigenvalue weighted by Gasteiger charge is 2.16. The van der Waals surface area contributed by atoms with Crippen molar-refractivity contribution in [3.8, 4) is 11.4 Å². The predicted molar refractivity (Wildman–Crippen MR) is 132 cm³/mol. The summed E-state index contributed by atoms with van der Waals surface area (Å²) in [6.45, 7) is 6.53. The van der Waals surface area contributed by atoms with Crippen LogP contribution in [0.4, 0.5) is 0 Å². The van der Waals surface area contributed by atoms with E-state index in [0.717, 1.165) is 16.8 Å². The van der Waals surface area contributed by atoms with Gasteiger partial charge in [-0.3, -0.25) is 9.59 Å². The van der Waals surface area contributed by atoms with E-state index in [2.05, 4.69) is 26.1 Å². The lowest BCUT2D eigenvalue weighted by Gasteiger charge is -2.19. The summed E-state index contributed by atoms with van der Waals surface area (Å²) in [6, 6.07) is 22.8. The summed E-state index contributed by atoms with van der Waals surface area (Å²) in [4.78, 5) is 26.0. The van der Waals surface area contributed by atoms with Crippen molar-refractivity contribution in [3.63, 3.8) is 0 Å². The van der Waals surface area contributed by atoms with Crippen LogP contribution in [-0.2, 0) is 12.0 Å². The van der Waals surface area contributed by atoms with Crippen LogP contribution in [0.5, 0.6) is 5.75 Å². The Balaban J connectivity index is 1.67. The Morgan fingerprint density at radius 2 is 1.67 bits per heavy atom. The molecule has 5 nitrogen and oxygen atoms in total. The van der Waals surface area contributed by atoms with Crippen molar-refractivity contribution in [2.45, 2.75) is 32.7 Å². The van der Waals surface area contributed by atoms with Gasteiger partial charge in [-0.2, -0.15) is 0 Å². The van der Waals surface area contributed by atoms with Gasteiger partial charge in [0.25, 0.3) is 5.91 Å². The van der Waals surface area contributed by atoms with Crippen LogP contribution in [0.3, 0.4) is 0 Å². The van der Waals surface area contributed by atoms with Crippen LogP contribution < -0.4 is 15.5 Å². The summed E-state index contributed by atoms with van der Waals surface area (Å²) in [6.07, 6.45) is 1.79. The zero-order chi connectivity index (χ0) is 23.6. The number of amides is 1. The lowest BCUT2D eigenvalue weighted by Crippen LogP contribution is -2.27. The van der Waals surface area contributed by atoms with E-state index in [9.17, 15) is 9.59 Å². The Morgan fingerprint density at radius 1 is 0.970 bits per heavy atom. The number of aromatic nitrogens is 1. The molecule has 0 unspecified atom stereocenters. The third-order valence-corrected chi connectivity index (χ3v) is 5.77. The van der Waals surface area contributed by atoms with E-state index in [1.165, 1.54) is 0 Å². The number of nitrogens with zero attached hydrogens (tertiary/aromatic N) is 1. The minimum atomic E-state index is -0.212. The largest absolute Gasteiger partial charge is 0.497 e. The molecule has 0 aliphatic heterocycles. The van der Waals surface area contributed by atoms with Crippen LogP contribution in [0.15, 0.2) is 83.8 Å². The second kappa shape index (κ2) is 8.94. The lowest BCUT2D eigenvalue weighted by molar-refractivity contribution is 0.0950.